The standard InChI is InChI=1S/C18H20ClNO4/c1-10-8-13(6-7-14(10)19)24-9-15(21)16-11(2)17(18(22)23-5)20(4)12(16)3/h6-8H,9H2,1-5H3. The minimum Gasteiger partial charge on any atom is -0.485 e. The number of aromatic nitrogens is 1. The Hall–Kier alpha value is -2.27. The molecular formula is C18H20ClNO4. The smallest absolute Gasteiger partial charge is 0.354 e. The second kappa shape index (κ2) is 7.09. The van der Waals surface area contributed by atoms with Crippen molar-refractivity contribution in [3.63, 3.8) is 0 Å². The highest BCUT2D eigenvalue weighted by Crippen LogP contribution is 2.24. The number of hydrogen-bond donors (Lipinski definition) is 0. The lowest BCUT2D eigenvalue weighted by molar-refractivity contribution is 0.0588. The molecule has 0 aliphatic heterocycles. The third-order valence-electron chi connectivity index (χ3n) is 4.09. The zero-order chi connectivity index (χ0) is 18.0. The van der Waals surface area contributed by atoms with Crippen molar-refractivity contribution in [3.05, 3.63) is 51.3 Å². The Bertz CT molecular complexity index is 808. The van der Waals surface area contributed by atoms with E-state index in [9.17, 15) is 9.59 Å². The highest BCUT2D eigenvalue weighted by Gasteiger charge is 2.25. The number of rotatable bonds is 5. The van der Waals surface area contributed by atoms with Crippen LogP contribution in [0.3, 0.4) is 0 Å². The van der Waals surface area contributed by atoms with Crippen molar-refractivity contribution in [2.45, 2.75) is 20.8 Å². The van der Waals surface area contributed by atoms with Gasteiger partial charge in [0.05, 0.1) is 7.11 Å². The monoisotopic (exact) mass is 349 g/mol. The van der Waals surface area contributed by atoms with Gasteiger partial charge in [0.25, 0.3) is 0 Å². The number of carbonyl (C=O) groups excluding carboxylic acids is 2. The maximum absolute atomic E-state index is 12.6. The van der Waals surface area contributed by atoms with Crippen LogP contribution >= 0.6 is 11.6 Å². The number of nitrogens with zero attached hydrogens (tertiary/aromatic N) is 1. The van der Waals surface area contributed by atoms with Gasteiger partial charge in [-0.3, -0.25) is 4.79 Å². The summed E-state index contributed by atoms with van der Waals surface area (Å²) >= 11 is 5.98. The Labute approximate surface area is 146 Å². The summed E-state index contributed by atoms with van der Waals surface area (Å²) in [6, 6.07) is 5.22. The Balaban J connectivity index is 2.24. The molecule has 0 amide bonds. The largest absolute Gasteiger partial charge is 0.485 e. The summed E-state index contributed by atoms with van der Waals surface area (Å²) in [7, 11) is 3.05. The van der Waals surface area contributed by atoms with Gasteiger partial charge in [-0.15, -0.1) is 0 Å². The van der Waals surface area contributed by atoms with E-state index in [0.717, 1.165) is 5.56 Å². The number of ketones is 1. The zero-order valence-electron chi connectivity index (χ0n) is 14.4. The number of ether oxygens (including phenoxy) is 2. The van der Waals surface area contributed by atoms with Crippen molar-refractivity contribution in [2.75, 3.05) is 13.7 Å². The molecule has 0 bridgehead atoms. The second-order valence-corrected chi connectivity index (χ2v) is 6.01. The molecule has 0 atom stereocenters. The Morgan fingerprint density at radius 1 is 1.21 bits per heavy atom. The van der Waals surface area contributed by atoms with Crippen LogP contribution < -0.4 is 4.74 Å². The molecule has 0 spiro atoms. The minimum atomic E-state index is -0.466. The highest BCUT2D eigenvalue weighted by atomic mass is 35.5. The molecule has 0 aliphatic carbocycles. The van der Waals surface area contributed by atoms with Crippen LogP contribution in [-0.4, -0.2) is 30.0 Å². The number of aryl methyl sites for hydroxylation is 1. The van der Waals surface area contributed by atoms with Crippen LogP contribution in [0.15, 0.2) is 18.2 Å². The summed E-state index contributed by atoms with van der Waals surface area (Å²) in [5.41, 5.74) is 3.04. The molecule has 5 nitrogen and oxygen atoms in total. The number of carbonyl (C=O) groups is 2. The fraction of sp³-hybridized carbons (Fsp3) is 0.333. The lowest BCUT2D eigenvalue weighted by Crippen LogP contribution is -2.13. The summed E-state index contributed by atoms with van der Waals surface area (Å²) in [6.07, 6.45) is 0. The van der Waals surface area contributed by atoms with E-state index in [1.165, 1.54) is 7.11 Å². The zero-order valence-corrected chi connectivity index (χ0v) is 15.2. The van der Waals surface area contributed by atoms with Gasteiger partial charge < -0.3 is 14.0 Å². The quantitative estimate of drug-likeness (QED) is 0.610. The number of halogens is 1. The second-order valence-electron chi connectivity index (χ2n) is 5.61. The van der Waals surface area contributed by atoms with E-state index in [1.54, 1.807) is 43.7 Å². The predicted octanol–water partition coefficient (Wildman–Crippen LogP) is 3.65. The maximum atomic E-state index is 12.6. The van der Waals surface area contributed by atoms with Crippen LogP contribution in [0, 0.1) is 20.8 Å². The molecule has 6 heteroatoms. The molecule has 1 heterocycles. The molecule has 0 saturated heterocycles. The maximum Gasteiger partial charge on any atom is 0.354 e. The molecule has 0 aliphatic rings. The molecule has 0 N–H and O–H groups in total. The van der Waals surface area contributed by atoms with Gasteiger partial charge in [-0.2, -0.15) is 0 Å². The lowest BCUT2D eigenvalue weighted by Gasteiger charge is -2.08. The summed E-state index contributed by atoms with van der Waals surface area (Å²) < 4.78 is 12.0. The number of Topliss-reactive ketones (excluding diaryl/α,β-unsaturated/α-hetero) is 1. The van der Waals surface area contributed by atoms with E-state index in [1.807, 2.05) is 6.92 Å². The fourth-order valence-corrected chi connectivity index (χ4v) is 2.82. The summed E-state index contributed by atoms with van der Waals surface area (Å²) in [5, 5.41) is 0.645. The number of hydrogen-bond acceptors (Lipinski definition) is 4. The molecule has 0 radical (unpaired) electrons. The topological polar surface area (TPSA) is 57.5 Å². The van der Waals surface area contributed by atoms with Gasteiger partial charge in [0.2, 0.25) is 5.78 Å². The van der Waals surface area contributed by atoms with Gasteiger partial charge in [0.1, 0.15) is 11.4 Å². The third-order valence-corrected chi connectivity index (χ3v) is 4.51. The van der Waals surface area contributed by atoms with Crippen LogP contribution in [0.1, 0.15) is 37.7 Å². The number of esters is 1. The van der Waals surface area contributed by atoms with Crippen LogP contribution in [-0.2, 0) is 11.8 Å². The van der Waals surface area contributed by atoms with Crippen molar-refractivity contribution in [1.82, 2.24) is 4.57 Å². The molecule has 2 aromatic rings. The lowest BCUT2D eigenvalue weighted by atomic mass is 10.1. The Kier molecular flexibility index (Phi) is 5.34. The van der Waals surface area contributed by atoms with E-state index in [0.29, 0.717) is 33.3 Å². The normalized spacial score (nSPS) is 10.6. The van der Waals surface area contributed by atoms with Gasteiger partial charge >= 0.3 is 5.97 Å². The van der Waals surface area contributed by atoms with Gasteiger partial charge in [-0.25, -0.2) is 4.79 Å². The average Bonchev–Trinajstić information content (AvgIpc) is 2.77. The van der Waals surface area contributed by atoms with Crippen molar-refractivity contribution in [2.24, 2.45) is 7.05 Å². The first-order valence-corrected chi connectivity index (χ1v) is 7.82. The Morgan fingerprint density at radius 2 is 1.88 bits per heavy atom. The van der Waals surface area contributed by atoms with Crippen molar-refractivity contribution >= 4 is 23.4 Å². The third kappa shape index (κ3) is 3.31. The van der Waals surface area contributed by atoms with Gasteiger partial charge in [-0.1, -0.05) is 11.6 Å². The molecule has 128 valence electrons. The summed E-state index contributed by atoms with van der Waals surface area (Å²) in [4.78, 5) is 24.5. The minimum absolute atomic E-state index is 0.118. The number of methoxy groups -OCH3 is 1. The van der Waals surface area contributed by atoms with E-state index < -0.39 is 5.97 Å². The van der Waals surface area contributed by atoms with Gasteiger partial charge in [0.15, 0.2) is 6.61 Å². The van der Waals surface area contributed by atoms with E-state index in [4.69, 9.17) is 21.1 Å². The van der Waals surface area contributed by atoms with Crippen molar-refractivity contribution in [1.29, 1.82) is 0 Å². The molecular weight excluding hydrogens is 330 g/mol. The van der Waals surface area contributed by atoms with Crippen LogP contribution in [0.4, 0.5) is 0 Å². The molecule has 1 aromatic heterocycles. The van der Waals surface area contributed by atoms with Crippen molar-refractivity contribution in [3.8, 4) is 5.75 Å². The van der Waals surface area contributed by atoms with E-state index in [2.05, 4.69) is 0 Å². The van der Waals surface area contributed by atoms with Gasteiger partial charge in [-0.05, 0) is 50.1 Å². The van der Waals surface area contributed by atoms with Crippen LogP contribution in [0.5, 0.6) is 5.75 Å². The predicted molar refractivity (Wildman–Crippen MR) is 92.2 cm³/mol. The van der Waals surface area contributed by atoms with E-state index in [-0.39, 0.29) is 12.4 Å². The molecule has 1 aromatic carbocycles. The first-order valence-electron chi connectivity index (χ1n) is 7.44. The summed E-state index contributed by atoms with van der Waals surface area (Å²) in [6.45, 7) is 5.27. The molecule has 0 fully saturated rings. The number of benzene rings is 1. The SMILES string of the molecule is COC(=O)c1c(C)c(C(=O)COc2ccc(Cl)c(C)c2)c(C)n1C. The molecule has 0 unspecified atom stereocenters. The molecule has 0 saturated carbocycles. The fourth-order valence-electron chi connectivity index (χ4n) is 2.70. The van der Waals surface area contributed by atoms with Crippen LogP contribution in [0.2, 0.25) is 5.02 Å². The van der Waals surface area contributed by atoms with Gasteiger partial charge in [0, 0.05) is 23.3 Å². The summed E-state index contributed by atoms with van der Waals surface area (Å²) in [5.74, 6) is -0.0839. The van der Waals surface area contributed by atoms with E-state index >= 15 is 0 Å². The van der Waals surface area contributed by atoms with Crippen molar-refractivity contribution < 1.29 is 19.1 Å². The van der Waals surface area contributed by atoms with Crippen LogP contribution in [0.25, 0.3) is 0 Å². The average molecular weight is 350 g/mol. The molecule has 2 rings (SSSR count). The first-order chi connectivity index (χ1) is 11.3. The first kappa shape index (κ1) is 18.1. The molecule has 24 heavy (non-hydrogen) atoms. The Morgan fingerprint density at radius 3 is 2.46 bits per heavy atom. The highest BCUT2D eigenvalue weighted by molar-refractivity contribution is 6.31.